The second kappa shape index (κ2) is 14.5. The van der Waals surface area contributed by atoms with E-state index in [1.54, 1.807) is 19.4 Å². The van der Waals surface area contributed by atoms with E-state index in [-0.39, 0.29) is 0 Å². The molecule has 2 aliphatic heterocycles. The van der Waals surface area contributed by atoms with E-state index >= 15 is 0 Å². The Hall–Kier alpha value is -4.86. The smallest absolute Gasteiger partial charge is 0.252 e. The number of pyridine rings is 1. The Morgan fingerprint density at radius 1 is 0.981 bits per heavy atom. The number of carbonyl (C=O) groups is 1. The molecule has 0 bridgehead atoms. The lowest BCUT2D eigenvalue weighted by Crippen LogP contribution is -2.60. The lowest BCUT2D eigenvalue weighted by Gasteiger charge is -2.58. The third-order valence-corrected chi connectivity index (χ3v) is 12.2. The molecule has 2 saturated heterocycles. The van der Waals surface area contributed by atoms with Crippen molar-refractivity contribution in [2.45, 2.75) is 71.0 Å². The first-order valence-corrected chi connectivity index (χ1v) is 19.2. The molecule has 1 amide bonds. The molecule has 1 spiro atoms. The normalized spacial score (nSPS) is 19.5. The second-order valence-corrected chi connectivity index (χ2v) is 15.8. The molecule has 3 aliphatic rings. The summed E-state index contributed by atoms with van der Waals surface area (Å²) in [6.45, 7) is 12.6. The Balaban J connectivity index is 0.973. The van der Waals surface area contributed by atoms with Gasteiger partial charge >= 0.3 is 0 Å². The number of rotatable bonds is 10. The second-order valence-electron chi connectivity index (χ2n) is 15.8. The molecule has 3 aromatic carbocycles. The molecule has 276 valence electrons. The van der Waals surface area contributed by atoms with E-state index in [1.165, 1.54) is 29.5 Å². The molecule has 1 atom stereocenters. The summed E-state index contributed by atoms with van der Waals surface area (Å²) in [4.78, 5) is 28.2. The zero-order chi connectivity index (χ0) is 36.7. The van der Waals surface area contributed by atoms with Crippen molar-refractivity contribution in [1.29, 1.82) is 0 Å². The van der Waals surface area contributed by atoms with Crippen LogP contribution in [0.4, 0.5) is 5.69 Å². The van der Waals surface area contributed by atoms with Crippen LogP contribution in [0, 0.1) is 12.3 Å². The maximum atomic E-state index is 12.6. The van der Waals surface area contributed by atoms with Crippen LogP contribution < -0.4 is 20.1 Å². The number of fused-ring (bicyclic) bond motifs is 1. The number of anilines is 1. The summed E-state index contributed by atoms with van der Waals surface area (Å²) in [5.74, 6) is 1.97. The van der Waals surface area contributed by atoms with Gasteiger partial charge in [0.15, 0.2) is 5.75 Å². The van der Waals surface area contributed by atoms with Crippen molar-refractivity contribution in [2.75, 3.05) is 44.7 Å². The number of aromatic nitrogens is 2. The van der Waals surface area contributed by atoms with Crippen molar-refractivity contribution in [2.24, 2.45) is 11.1 Å². The van der Waals surface area contributed by atoms with Gasteiger partial charge in [0, 0.05) is 62.9 Å². The highest BCUT2D eigenvalue weighted by Gasteiger charge is 2.50. The number of amides is 1. The van der Waals surface area contributed by atoms with E-state index in [9.17, 15) is 4.79 Å². The van der Waals surface area contributed by atoms with E-state index < -0.39 is 5.91 Å². The van der Waals surface area contributed by atoms with E-state index in [0.717, 1.165) is 80.1 Å². The van der Waals surface area contributed by atoms with Crippen LogP contribution in [-0.4, -0.2) is 71.6 Å². The Morgan fingerprint density at radius 3 is 2.49 bits per heavy atom. The number of aromatic amines is 1. The zero-order valence-corrected chi connectivity index (χ0v) is 31.5. The van der Waals surface area contributed by atoms with Gasteiger partial charge in [-0.15, -0.1) is 0 Å². The molecule has 3 N–H and O–H groups in total. The third kappa shape index (κ3) is 7.00. The quantitative estimate of drug-likeness (QED) is 0.151. The highest BCUT2D eigenvalue weighted by Crippen LogP contribution is 2.54. The fourth-order valence-corrected chi connectivity index (χ4v) is 9.21. The van der Waals surface area contributed by atoms with Crippen molar-refractivity contribution in [3.05, 3.63) is 113 Å². The van der Waals surface area contributed by atoms with Crippen molar-refractivity contribution < 1.29 is 14.3 Å². The average Bonchev–Trinajstić information content (AvgIpc) is 3.53. The number of piperidine rings is 1. The summed E-state index contributed by atoms with van der Waals surface area (Å²) in [6.07, 6.45) is 8.33. The van der Waals surface area contributed by atoms with Crippen LogP contribution in [0.15, 0.2) is 85.2 Å². The van der Waals surface area contributed by atoms with Crippen molar-refractivity contribution in [3.63, 3.8) is 0 Å². The SMILES string of the molecule is COc1ccc(CN2CCN(C3CC4(CCN(c5cccc(C(N)=O)c5Oc5cnc6[nH]cc(C)c6c5)CC4)C3)[C@H](c3ccccc3C(C)C)C2)cc1. The van der Waals surface area contributed by atoms with Crippen molar-refractivity contribution >= 4 is 22.6 Å². The minimum atomic E-state index is -0.498. The summed E-state index contributed by atoms with van der Waals surface area (Å²) in [7, 11) is 1.72. The van der Waals surface area contributed by atoms with E-state index in [2.05, 4.69) is 93.1 Å². The summed E-state index contributed by atoms with van der Waals surface area (Å²) in [6, 6.07) is 26.3. The van der Waals surface area contributed by atoms with E-state index in [0.29, 0.717) is 40.5 Å². The van der Waals surface area contributed by atoms with Gasteiger partial charge in [-0.05, 0) is 96.5 Å². The van der Waals surface area contributed by atoms with Gasteiger partial charge in [-0.2, -0.15) is 0 Å². The fraction of sp³-hybridized carbons (Fsp3) is 0.409. The molecular formula is C44H52N6O3. The molecule has 1 saturated carbocycles. The predicted octanol–water partition coefficient (Wildman–Crippen LogP) is 8.20. The minimum Gasteiger partial charge on any atom is -0.497 e. The van der Waals surface area contributed by atoms with Crippen LogP contribution in [0.5, 0.6) is 17.2 Å². The lowest BCUT2D eigenvalue weighted by molar-refractivity contribution is -0.0628. The van der Waals surface area contributed by atoms with Gasteiger partial charge in [-0.1, -0.05) is 56.3 Å². The molecular weight excluding hydrogens is 661 g/mol. The number of ether oxygens (including phenoxy) is 2. The third-order valence-electron chi connectivity index (χ3n) is 12.2. The lowest BCUT2D eigenvalue weighted by atomic mass is 9.59. The van der Waals surface area contributed by atoms with Gasteiger partial charge in [-0.3, -0.25) is 14.6 Å². The minimum absolute atomic E-state index is 0.340. The molecule has 4 heterocycles. The number of piperazine rings is 1. The Labute approximate surface area is 313 Å². The fourth-order valence-electron chi connectivity index (χ4n) is 9.21. The highest BCUT2D eigenvalue weighted by molar-refractivity contribution is 5.98. The van der Waals surface area contributed by atoms with Crippen LogP contribution in [-0.2, 0) is 6.54 Å². The molecule has 2 aromatic heterocycles. The summed E-state index contributed by atoms with van der Waals surface area (Å²) in [5, 5.41) is 0.994. The first-order chi connectivity index (χ1) is 25.7. The standard InChI is InChI=1S/C44H52N6O3/c1-29(2)35-8-5-6-9-36(35)40-28-48(27-31-12-14-33(52-4)15-13-31)20-21-50(40)32-23-44(24-32)16-18-49(19-17-44)39-11-7-10-37(42(45)51)41(39)53-34-22-38-30(3)25-46-43(38)47-26-34/h5-15,22,25-26,29,32,40H,16-21,23-24,27-28H2,1-4H3,(H2,45,51)(H,46,47)/t40-/m0/s1. The van der Waals surface area contributed by atoms with Gasteiger partial charge in [0.2, 0.25) is 0 Å². The number of nitrogens with two attached hydrogens (primary N) is 1. The number of benzene rings is 3. The number of aryl methyl sites for hydroxylation is 1. The van der Waals surface area contributed by atoms with Crippen molar-refractivity contribution in [3.8, 4) is 17.2 Å². The van der Waals surface area contributed by atoms with Crippen molar-refractivity contribution in [1.82, 2.24) is 19.8 Å². The highest BCUT2D eigenvalue weighted by atomic mass is 16.5. The molecule has 53 heavy (non-hydrogen) atoms. The first-order valence-electron chi connectivity index (χ1n) is 19.2. The maximum Gasteiger partial charge on any atom is 0.252 e. The number of nitrogens with zero attached hydrogens (tertiary/aromatic N) is 4. The number of hydrogen-bond acceptors (Lipinski definition) is 7. The van der Waals surface area contributed by atoms with Gasteiger partial charge in [0.25, 0.3) is 5.91 Å². The Kier molecular flexibility index (Phi) is 9.64. The maximum absolute atomic E-state index is 12.6. The summed E-state index contributed by atoms with van der Waals surface area (Å²) in [5.41, 5.74) is 13.7. The van der Waals surface area contributed by atoms with Crippen LogP contribution in [0.3, 0.4) is 0 Å². The predicted molar refractivity (Wildman–Crippen MR) is 211 cm³/mol. The number of hydrogen-bond donors (Lipinski definition) is 2. The van der Waals surface area contributed by atoms with Crippen LogP contribution in [0.1, 0.15) is 84.1 Å². The zero-order valence-electron chi connectivity index (χ0n) is 31.5. The first kappa shape index (κ1) is 35.2. The Bertz CT molecular complexity index is 2070. The molecule has 8 rings (SSSR count). The number of carbonyl (C=O) groups excluding carboxylic acids is 1. The van der Waals surface area contributed by atoms with Gasteiger partial charge in [-0.25, -0.2) is 4.98 Å². The van der Waals surface area contributed by atoms with Gasteiger partial charge in [0.1, 0.15) is 17.1 Å². The molecule has 5 aromatic rings. The summed E-state index contributed by atoms with van der Waals surface area (Å²) < 4.78 is 11.9. The van der Waals surface area contributed by atoms with E-state index in [1.807, 2.05) is 25.3 Å². The number of primary amides is 1. The molecule has 0 radical (unpaired) electrons. The van der Waals surface area contributed by atoms with Crippen LogP contribution in [0.25, 0.3) is 11.0 Å². The molecule has 0 unspecified atom stereocenters. The van der Waals surface area contributed by atoms with Crippen LogP contribution >= 0.6 is 0 Å². The number of methoxy groups -OCH3 is 1. The Morgan fingerprint density at radius 2 is 1.75 bits per heavy atom. The summed E-state index contributed by atoms with van der Waals surface area (Å²) >= 11 is 0. The average molecular weight is 713 g/mol. The molecule has 9 nitrogen and oxygen atoms in total. The number of H-pyrrole nitrogens is 1. The van der Waals surface area contributed by atoms with E-state index in [4.69, 9.17) is 15.2 Å². The molecule has 1 aliphatic carbocycles. The number of para-hydroxylation sites is 1. The van der Waals surface area contributed by atoms with Crippen LogP contribution in [0.2, 0.25) is 0 Å². The largest absolute Gasteiger partial charge is 0.497 e. The topological polar surface area (TPSA) is 99.9 Å². The monoisotopic (exact) mass is 712 g/mol. The molecule has 3 fully saturated rings. The number of nitrogens with one attached hydrogen (secondary N) is 1. The molecule has 9 heteroatoms. The van der Waals surface area contributed by atoms with Gasteiger partial charge < -0.3 is 25.1 Å². The van der Waals surface area contributed by atoms with Gasteiger partial charge in [0.05, 0.1) is 24.6 Å².